The second-order valence-corrected chi connectivity index (χ2v) is 4.42. The fourth-order valence-corrected chi connectivity index (χ4v) is 1.66. The molecule has 1 rings (SSSR count). The van der Waals surface area contributed by atoms with Crippen LogP contribution in [0.2, 0.25) is 0 Å². The molecule has 0 bridgehead atoms. The van der Waals surface area contributed by atoms with Crippen LogP contribution in [0.15, 0.2) is 18.2 Å². The molecule has 0 aromatic heterocycles. The average Bonchev–Trinajstić information content (AvgIpc) is 2.45. The van der Waals surface area contributed by atoms with Crippen molar-refractivity contribution in [2.24, 2.45) is 11.7 Å². The molecular weight excluding hydrogens is 257 g/mol. The maximum absolute atomic E-state index is 13.7. The average molecular weight is 273 g/mol. The lowest BCUT2D eigenvalue weighted by atomic mass is 10.1. The molecule has 0 spiro atoms. The summed E-state index contributed by atoms with van der Waals surface area (Å²) in [6, 6.07) is 6.13. The molecule has 0 aliphatic rings. The van der Waals surface area contributed by atoms with E-state index in [1.165, 1.54) is 30.1 Å². The number of nitrogens with zero attached hydrogens (tertiary/aromatic N) is 2. The fourth-order valence-electron chi connectivity index (χ4n) is 1.66. The highest BCUT2D eigenvalue weighted by Crippen LogP contribution is 2.13. The minimum atomic E-state index is -0.607. The fraction of sp³-hybridized carbons (Fsp3) is 0.333. The maximum atomic E-state index is 13.7. The van der Waals surface area contributed by atoms with E-state index >= 15 is 0 Å². The zero-order chi connectivity index (χ0) is 15.1. The van der Waals surface area contributed by atoms with E-state index in [2.05, 4.69) is 11.8 Å². The predicted molar refractivity (Wildman–Crippen MR) is 74.1 cm³/mol. The quantitative estimate of drug-likeness (QED) is 0.845. The first-order chi connectivity index (χ1) is 9.49. The second kappa shape index (κ2) is 7.28. The minimum Gasteiger partial charge on any atom is -0.340 e. The first kappa shape index (κ1) is 15.7. The third-order valence-corrected chi connectivity index (χ3v) is 2.65. The Morgan fingerprint density at radius 3 is 2.85 bits per heavy atom. The van der Waals surface area contributed by atoms with Crippen molar-refractivity contribution in [2.75, 3.05) is 20.1 Å². The van der Waals surface area contributed by atoms with Gasteiger partial charge in [-0.05, 0) is 25.1 Å². The number of carbonyl (C=O) groups is 1. The number of halogens is 1. The van der Waals surface area contributed by atoms with Gasteiger partial charge in [-0.15, -0.1) is 0 Å². The second-order valence-electron chi connectivity index (χ2n) is 4.42. The largest absolute Gasteiger partial charge is 0.340 e. The topological polar surface area (TPSA) is 70.1 Å². The highest BCUT2D eigenvalue weighted by atomic mass is 19.1. The van der Waals surface area contributed by atoms with Gasteiger partial charge >= 0.3 is 0 Å². The molecule has 1 atom stereocenters. The Morgan fingerprint density at radius 2 is 2.25 bits per heavy atom. The van der Waals surface area contributed by atoms with Crippen LogP contribution in [0.4, 0.5) is 4.39 Å². The lowest BCUT2D eigenvalue weighted by Gasteiger charge is -2.18. The molecule has 0 radical (unpaired) electrons. The Kier molecular flexibility index (Phi) is 5.71. The Labute approximate surface area is 118 Å². The normalized spacial score (nSPS) is 10.9. The number of hydrogen-bond acceptors (Lipinski definition) is 3. The summed E-state index contributed by atoms with van der Waals surface area (Å²) in [5.41, 5.74) is 5.74. The standard InChI is InChI=1S/C15H16FN3O/c1-11(9-18)10-19(2)15(20)13-8-12(4-3-7-17)5-6-14(13)16/h5-6,8,11H,7,10,17H2,1-2H3. The Balaban J connectivity index is 3.00. The Bertz CT molecular complexity index is 595. The molecule has 0 fully saturated rings. The lowest BCUT2D eigenvalue weighted by molar-refractivity contribution is 0.0780. The molecule has 4 nitrogen and oxygen atoms in total. The lowest BCUT2D eigenvalue weighted by Crippen LogP contribution is -2.31. The molecule has 104 valence electrons. The summed E-state index contributed by atoms with van der Waals surface area (Å²) in [5, 5.41) is 8.74. The van der Waals surface area contributed by atoms with Crippen LogP contribution in [0.3, 0.4) is 0 Å². The van der Waals surface area contributed by atoms with E-state index in [9.17, 15) is 9.18 Å². The van der Waals surface area contributed by atoms with Gasteiger partial charge in [0.05, 0.1) is 24.1 Å². The van der Waals surface area contributed by atoms with E-state index in [1.54, 1.807) is 6.92 Å². The van der Waals surface area contributed by atoms with E-state index in [0.29, 0.717) is 5.56 Å². The molecule has 1 aromatic carbocycles. The molecule has 0 saturated heterocycles. The van der Waals surface area contributed by atoms with Gasteiger partial charge in [0.2, 0.25) is 0 Å². The van der Waals surface area contributed by atoms with Crippen LogP contribution in [0, 0.1) is 34.9 Å². The van der Waals surface area contributed by atoms with Gasteiger partial charge in [0.1, 0.15) is 5.82 Å². The van der Waals surface area contributed by atoms with Gasteiger partial charge in [-0.1, -0.05) is 11.8 Å². The van der Waals surface area contributed by atoms with Crippen LogP contribution in [0.1, 0.15) is 22.8 Å². The van der Waals surface area contributed by atoms with Gasteiger partial charge in [-0.3, -0.25) is 4.79 Å². The first-order valence-corrected chi connectivity index (χ1v) is 6.13. The van der Waals surface area contributed by atoms with Crippen molar-refractivity contribution in [1.29, 1.82) is 5.26 Å². The van der Waals surface area contributed by atoms with E-state index < -0.39 is 11.7 Å². The summed E-state index contributed by atoms with van der Waals surface area (Å²) < 4.78 is 13.7. The summed E-state index contributed by atoms with van der Waals surface area (Å²) >= 11 is 0. The molecule has 1 aromatic rings. The SMILES string of the molecule is CC(C#N)CN(C)C(=O)c1cc(C#CCN)ccc1F. The molecule has 5 heteroatoms. The van der Waals surface area contributed by atoms with Gasteiger partial charge in [-0.25, -0.2) is 4.39 Å². The van der Waals surface area contributed by atoms with Crippen LogP contribution < -0.4 is 5.73 Å². The summed E-state index contributed by atoms with van der Waals surface area (Å²) in [6.45, 7) is 2.14. The van der Waals surface area contributed by atoms with Crippen LogP contribution >= 0.6 is 0 Å². The van der Waals surface area contributed by atoms with Crippen LogP contribution in [-0.4, -0.2) is 30.9 Å². The zero-order valence-electron chi connectivity index (χ0n) is 11.5. The van der Waals surface area contributed by atoms with Crippen molar-refractivity contribution in [1.82, 2.24) is 4.90 Å². The predicted octanol–water partition coefficient (Wildman–Crippen LogP) is 1.37. The summed E-state index contributed by atoms with van der Waals surface area (Å²) in [5.74, 6) is 4.01. The molecule has 0 heterocycles. The molecule has 1 unspecified atom stereocenters. The van der Waals surface area contributed by atoms with Crippen molar-refractivity contribution in [3.05, 3.63) is 35.1 Å². The first-order valence-electron chi connectivity index (χ1n) is 6.13. The highest BCUT2D eigenvalue weighted by molar-refractivity contribution is 5.94. The summed E-state index contributed by atoms with van der Waals surface area (Å²) in [4.78, 5) is 13.5. The van der Waals surface area contributed by atoms with Crippen molar-refractivity contribution in [3.63, 3.8) is 0 Å². The van der Waals surface area contributed by atoms with Crippen LogP contribution in [0.25, 0.3) is 0 Å². The Hall–Kier alpha value is -2.37. The number of nitrogens with two attached hydrogens (primary N) is 1. The Morgan fingerprint density at radius 1 is 1.55 bits per heavy atom. The van der Waals surface area contributed by atoms with Gasteiger partial charge in [0.15, 0.2) is 0 Å². The molecule has 0 saturated carbocycles. The third-order valence-electron chi connectivity index (χ3n) is 2.65. The van der Waals surface area contributed by atoms with Crippen LogP contribution in [-0.2, 0) is 0 Å². The molecular formula is C15H16FN3O. The smallest absolute Gasteiger partial charge is 0.256 e. The van der Waals surface area contributed by atoms with Crippen LogP contribution in [0.5, 0.6) is 0 Å². The van der Waals surface area contributed by atoms with E-state index in [1.807, 2.05) is 6.07 Å². The van der Waals surface area contributed by atoms with Gasteiger partial charge in [0, 0.05) is 19.2 Å². The molecule has 1 amide bonds. The summed E-state index contributed by atoms with van der Waals surface area (Å²) in [7, 11) is 1.54. The maximum Gasteiger partial charge on any atom is 0.256 e. The third kappa shape index (κ3) is 4.08. The molecule has 0 aliphatic heterocycles. The van der Waals surface area contributed by atoms with Gasteiger partial charge < -0.3 is 10.6 Å². The monoisotopic (exact) mass is 273 g/mol. The van der Waals surface area contributed by atoms with E-state index in [0.717, 1.165) is 0 Å². The number of nitriles is 1. The number of rotatable bonds is 3. The molecule has 0 aliphatic carbocycles. The number of hydrogen-bond donors (Lipinski definition) is 1. The number of benzene rings is 1. The number of carbonyl (C=O) groups excluding carboxylic acids is 1. The van der Waals surface area contributed by atoms with Crippen molar-refractivity contribution in [2.45, 2.75) is 6.92 Å². The van der Waals surface area contributed by atoms with E-state index in [4.69, 9.17) is 11.0 Å². The van der Waals surface area contributed by atoms with Gasteiger partial charge in [0.25, 0.3) is 5.91 Å². The number of amides is 1. The van der Waals surface area contributed by atoms with Crippen molar-refractivity contribution >= 4 is 5.91 Å². The van der Waals surface area contributed by atoms with E-state index in [-0.39, 0.29) is 24.6 Å². The van der Waals surface area contributed by atoms with Crippen molar-refractivity contribution in [3.8, 4) is 17.9 Å². The van der Waals surface area contributed by atoms with Gasteiger partial charge in [-0.2, -0.15) is 5.26 Å². The zero-order valence-corrected chi connectivity index (χ0v) is 11.5. The minimum absolute atomic E-state index is 0.0542. The summed E-state index contributed by atoms with van der Waals surface area (Å²) in [6.07, 6.45) is 0. The van der Waals surface area contributed by atoms with Crippen molar-refractivity contribution < 1.29 is 9.18 Å². The highest BCUT2D eigenvalue weighted by Gasteiger charge is 2.18. The molecule has 2 N–H and O–H groups in total. The molecule has 20 heavy (non-hydrogen) atoms.